The highest BCUT2D eigenvalue weighted by molar-refractivity contribution is 6.13. The number of rotatable bonds is 5. The van der Waals surface area contributed by atoms with Gasteiger partial charge in [-0.1, -0.05) is 72.8 Å². The lowest BCUT2D eigenvalue weighted by Gasteiger charge is -2.16. The molecule has 0 fully saturated rings. The highest BCUT2D eigenvalue weighted by Crippen LogP contribution is 2.39. The number of imidazole rings is 2. The lowest BCUT2D eigenvalue weighted by atomic mass is 10.00. The molecule has 0 aliphatic heterocycles. The number of ether oxygens (including phenoxy) is 1. The van der Waals surface area contributed by atoms with E-state index >= 15 is 0 Å². The number of aromatic nitrogens is 5. The Balaban J connectivity index is 1.14. The van der Waals surface area contributed by atoms with Crippen molar-refractivity contribution >= 4 is 49.1 Å². The molecule has 0 N–H and O–H groups in total. The van der Waals surface area contributed by atoms with Gasteiger partial charge >= 0.3 is 0 Å². The molecule has 0 spiro atoms. The normalized spacial score (nSPS) is 11.8. The number of hydrogen-bond donors (Lipinski definition) is 0. The molecular formula is C46H35N5O. The van der Waals surface area contributed by atoms with Gasteiger partial charge in [0.25, 0.3) is 0 Å². The first-order chi connectivity index (χ1) is 25.5. The SMILES string of the molecule is Cc1cccc(C)c1-c1cnc2c3cc(Oc4ccc5c6ccccc6n(-c6nccn6-c6c(C)cccc6C)c5c4)ccc3c3ccccc3n12. The van der Waals surface area contributed by atoms with Crippen LogP contribution in [0.25, 0.3) is 72.0 Å². The molecule has 0 saturated carbocycles. The van der Waals surface area contributed by atoms with E-state index in [-0.39, 0.29) is 0 Å². The fraction of sp³-hybridized carbons (Fsp3) is 0.0870. The van der Waals surface area contributed by atoms with E-state index in [1.54, 1.807) is 0 Å². The summed E-state index contributed by atoms with van der Waals surface area (Å²) in [5.41, 5.74) is 12.5. The van der Waals surface area contributed by atoms with Gasteiger partial charge < -0.3 is 4.74 Å². The van der Waals surface area contributed by atoms with E-state index in [1.165, 1.54) is 38.6 Å². The van der Waals surface area contributed by atoms with E-state index in [0.717, 1.165) is 67.2 Å². The second-order valence-corrected chi connectivity index (χ2v) is 13.8. The highest BCUT2D eigenvalue weighted by atomic mass is 16.5. The third kappa shape index (κ3) is 4.44. The van der Waals surface area contributed by atoms with Crippen molar-refractivity contribution in [3.8, 4) is 34.4 Å². The summed E-state index contributed by atoms with van der Waals surface area (Å²) in [5, 5.41) is 5.66. The Bertz CT molecular complexity index is 3010. The maximum Gasteiger partial charge on any atom is 0.219 e. The van der Waals surface area contributed by atoms with Crippen LogP contribution in [-0.2, 0) is 0 Å². The van der Waals surface area contributed by atoms with Crippen molar-refractivity contribution in [3.05, 3.63) is 162 Å². The van der Waals surface area contributed by atoms with E-state index in [2.05, 4.69) is 163 Å². The molecule has 6 aromatic carbocycles. The summed E-state index contributed by atoms with van der Waals surface area (Å²) >= 11 is 0. The van der Waals surface area contributed by atoms with Crippen molar-refractivity contribution in [2.45, 2.75) is 27.7 Å². The van der Waals surface area contributed by atoms with Crippen LogP contribution in [0.4, 0.5) is 0 Å². The van der Waals surface area contributed by atoms with Crippen molar-refractivity contribution < 1.29 is 4.74 Å². The number of nitrogens with zero attached hydrogens (tertiary/aromatic N) is 5. The molecule has 6 nitrogen and oxygen atoms in total. The fourth-order valence-electron chi connectivity index (χ4n) is 8.27. The molecule has 0 radical (unpaired) electrons. The van der Waals surface area contributed by atoms with E-state index in [4.69, 9.17) is 14.7 Å². The average Bonchev–Trinajstić information content (AvgIpc) is 3.88. The number of benzene rings is 6. The zero-order chi connectivity index (χ0) is 35.1. The minimum Gasteiger partial charge on any atom is -0.457 e. The third-order valence-corrected chi connectivity index (χ3v) is 10.5. The van der Waals surface area contributed by atoms with Crippen LogP contribution in [0.3, 0.4) is 0 Å². The summed E-state index contributed by atoms with van der Waals surface area (Å²) in [6.45, 7) is 8.64. The molecule has 52 heavy (non-hydrogen) atoms. The van der Waals surface area contributed by atoms with Crippen LogP contribution in [0.1, 0.15) is 22.3 Å². The van der Waals surface area contributed by atoms with Crippen LogP contribution in [0, 0.1) is 27.7 Å². The molecule has 0 atom stereocenters. The first-order valence-electron chi connectivity index (χ1n) is 17.7. The highest BCUT2D eigenvalue weighted by Gasteiger charge is 2.20. The minimum absolute atomic E-state index is 0.748. The quantitative estimate of drug-likeness (QED) is 0.171. The van der Waals surface area contributed by atoms with Gasteiger partial charge in [-0.3, -0.25) is 13.5 Å². The zero-order valence-corrected chi connectivity index (χ0v) is 29.4. The smallest absolute Gasteiger partial charge is 0.219 e. The second kappa shape index (κ2) is 11.4. The third-order valence-electron chi connectivity index (χ3n) is 10.5. The molecule has 10 rings (SSSR count). The lowest BCUT2D eigenvalue weighted by molar-refractivity contribution is 0.484. The Labute approximate surface area is 300 Å². The summed E-state index contributed by atoms with van der Waals surface area (Å²) in [5.74, 6) is 2.33. The Morgan fingerprint density at radius 1 is 0.519 bits per heavy atom. The van der Waals surface area contributed by atoms with Crippen LogP contribution in [0.15, 0.2) is 140 Å². The number of hydrogen-bond acceptors (Lipinski definition) is 3. The van der Waals surface area contributed by atoms with Gasteiger partial charge in [-0.25, -0.2) is 9.97 Å². The number of pyridine rings is 1. The summed E-state index contributed by atoms with van der Waals surface area (Å²) in [7, 11) is 0. The molecule has 6 heteroatoms. The molecule has 0 saturated heterocycles. The van der Waals surface area contributed by atoms with Gasteiger partial charge in [0.05, 0.1) is 34.1 Å². The van der Waals surface area contributed by atoms with E-state index in [1.807, 2.05) is 18.6 Å². The summed E-state index contributed by atoms with van der Waals surface area (Å²) < 4.78 is 13.5. The molecule has 10 aromatic rings. The largest absolute Gasteiger partial charge is 0.457 e. The van der Waals surface area contributed by atoms with Gasteiger partial charge in [-0.2, -0.15) is 0 Å². The Kier molecular flexibility index (Phi) is 6.64. The van der Waals surface area contributed by atoms with Crippen molar-refractivity contribution in [2.24, 2.45) is 0 Å². The predicted octanol–water partition coefficient (Wildman–Crippen LogP) is 11.6. The van der Waals surface area contributed by atoms with Gasteiger partial charge in [-0.05, 0) is 97.8 Å². The predicted molar refractivity (Wildman–Crippen MR) is 213 cm³/mol. The molecule has 0 amide bonds. The molecule has 4 aromatic heterocycles. The number of aryl methyl sites for hydroxylation is 4. The molecule has 0 aliphatic rings. The van der Waals surface area contributed by atoms with Crippen molar-refractivity contribution in [1.29, 1.82) is 0 Å². The Morgan fingerprint density at radius 2 is 1.13 bits per heavy atom. The van der Waals surface area contributed by atoms with Crippen LogP contribution >= 0.6 is 0 Å². The van der Waals surface area contributed by atoms with Crippen molar-refractivity contribution in [1.82, 2.24) is 23.5 Å². The fourth-order valence-corrected chi connectivity index (χ4v) is 8.27. The van der Waals surface area contributed by atoms with Crippen LogP contribution in [0.2, 0.25) is 0 Å². The molecule has 0 aliphatic carbocycles. The number of fused-ring (bicyclic) bond motifs is 9. The molecular weight excluding hydrogens is 639 g/mol. The minimum atomic E-state index is 0.748. The Morgan fingerprint density at radius 3 is 1.88 bits per heavy atom. The monoisotopic (exact) mass is 673 g/mol. The van der Waals surface area contributed by atoms with Crippen LogP contribution in [-0.4, -0.2) is 23.5 Å². The van der Waals surface area contributed by atoms with Gasteiger partial charge in [0, 0.05) is 45.6 Å². The maximum atomic E-state index is 6.73. The first kappa shape index (κ1) is 30.2. The molecule has 0 bridgehead atoms. The van der Waals surface area contributed by atoms with E-state index in [9.17, 15) is 0 Å². The molecule has 4 heterocycles. The molecule has 250 valence electrons. The summed E-state index contributed by atoms with van der Waals surface area (Å²) in [6, 6.07) is 42.7. The average molecular weight is 674 g/mol. The maximum absolute atomic E-state index is 6.73. The Hall–Kier alpha value is -6.66. The summed E-state index contributed by atoms with van der Waals surface area (Å²) in [6.07, 6.45) is 5.94. The van der Waals surface area contributed by atoms with Gasteiger partial charge in [0.15, 0.2) is 0 Å². The van der Waals surface area contributed by atoms with Crippen molar-refractivity contribution in [3.63, 3.8) is 0 Å². The summed E-state index contributed by atoms with van der Waals surface area (Å²) in [4.78, 5) is 9.98. The van der Waals surface area contributed by atoms with Crippen molar-refractivity contribution in [2.75, 3.05) is 0 Å². The second-order valence-electron chi connectivity index (χ2n) is 13.8. The molecule has 0 unspecified atom stereocenters. The van der Waals surface area contributed by atoms with E-state index in [0.29, 0.717) is 0 Å². The van der Waals surface area contributed by atoms with Gasteiger partial charge in [0.1, 0.15) is 17.1 Å². The standard InChI is InChI=1S/C46H35N5O/c1-28-11-9-12-29(2)43(28)42-27-48-45-38-25-32(19-21-34(38)35-15-5-7-17-39(35)50(42)45)52-33-20-22-37-36-16-6-8-18-40(36)51(41(37)26-33)46-47-23-24-49(46)44-30(3)13-10-14-31(44)4/h5-27H,1-4H3. The van der Waals surface area contributed by atoms with Gasteiger partial charge in [-0.15, -0.1) is 0 Å². The van der Waals surface area contributed by atoms with Crippen LogP contribution in [0.5, 0.6) is 11.5 Å². The number of para-hydroxylation sites is 3. The van der Waals surface area contributed by atoms with E-state index < -0.39 is 0 Å². The topological polar surface area (TPSA) is 49.3 Å². The van der Waals surface area contributed by atoms with Crippen LogP contribution < -0.4 is 4.74 Å². The zero-order valence-electron chi connectivity index (χ0n) is 29.4. The lowest BCUT2D eigenvalue weighted by Crippen LogP contribution is -2.07. The van der Waals surface area contributed by atoms with Gasteiger partial charge in [0.2, 0.25) is 5.95 Å². The first-order valence-corrected chi connectivity index (χ1v) is 17.7.